The van der Waals surface area contributed by atoms with E-state index >= 15 is 0 Å². The summed E-state index contributed by atoms with van der Waals surface area (Å²) in [5.74, 6) is 0.456. The summed E-state index contributed by atoms with van der Waals surface area (Å²) >= 11 is 0. The number of carbonyl (C=O) groups is 1. The third kappa shape index (κ3) is 2.69. The SMILES string of the molecule is Cn1cc([C@@H]2C[C@@H]2C(=O)N[C@H]2CCCc3[nH]c(=O)ccc32)cn1. The molecule has 0 saturated heterocycles. The Morgan fingerprint density at radius 1 is 1.43 bits per heavy atom. The standard InChI is InChI=1S/C17H20N4O2/c1-21-9-10(8-18-21)12-7-13(12)17(23)20-15-4-2-3-14-11(15)5-6-16(22)19-14/h5-6,8-9,12-13,15H,2-4,7H2,1H3,(H,19,22)(H,20,23)/t12-,13-,15-/m0/s1. The van der Waals surface area contributed by atoms with Gasteiger partial charge in [-0.15, -0.1) is 0 Å². The first kappa shape index (κ1) is 14.2. The van der Waals surface area contributed by atoms with Crippen LogP contribution in [0.5, 0.6) is 0 Å². The highest BCUT2D eigenvalue weighted by atomic mass is 16.2. The average Bonchev–Trinajstić information content (AvgIpc) is 3.22. The zero-order valence-corrected chi connectivity index (χ0v) is 13.1. The molecule has 2 aliphatic rings. The van der Waals surface area contributed by atoms with Crippen molar-refractivity contribution in [1.82, 2.24) is 20.1 Å². The van der Waals surface area contributed by atoms with Crippen molar-refractivity contribution in [3.05, 3.63) is 51.7 Å². The zero-order valence-electron chi connectivity index (χ0n) is 13.1. The van der Waals surface area contributed by atoms with E-state index in [1.54, 1.807) is 10.7 Å². The van der Waals surface area contributed by atoms with Gasteiger partial charge < -0.3 is 10.3 Å². The molecule has 2 aromatic rings. The molecule has 0 aliphatic heterocycles. The van der Waals surface area contributed by atoms with Gasteiger partial charge in [0.05, 0.1) is 12.2 Å². The van der Waals surface area contributed by atoms with Crippen molar-refractivity contribution in [3.8, 4) is 0 Å². The molecule has 23 heavy (non-hydrogen) atoms. The Morgan fingerprint density at radius 2 is 2.30 bits per heavy atom. The third-order valence-corrected chi connectivity index (χ3v) is 4.93. The molecule has 0 unspecified atom stereocenters. The van der Waals surface area contributed by atoms with Crippen LogP contribution in [-0.2, 0) is 18.3 Å². The number of nitrogens with one attached hydrogen (secondary N) is 2. The molecule has 1 amide bonds. The van der Waals surface area contributed by atoms with E-state index in [-0.39, 0.29) is 23.4 Å². The highest BCUT2D eigenvalue weighted by Gasteiger charge is 2.45. The van der Waals surface area contributed by atoms with E-state index in [1.165, 1.54) is 0 Å². The Morgan fingerprint density at radius 3 is 3.09 bits per heavy atom. The van der Waals surface area contributed by atoms with Crippen molar-refractivity contribution in [2.75, 3.05) is 0 Å². The second-order valence-electron chi connectivity index (χ2n) is 6.61. The summed E-state index contributed by atoms with van der Waals surface area (Å²) in [5.41, 5.74) is 3.09. The summed E-state index contributed by atoms with van der Waals surface area (Å²) in [7, 11) is 1.89. The van der Waals surface area contributed by atoms with Crippen molar-refractivity contribution in [2.24, 2.45) is 13.0 Å². The van der Waals surface area contributed by atoms with Gasteiger partial charge in [0, 0.05) is 30.9 Å². The lowest BCUT2D eigenvalue weighted by atomic mass is 9.91. The van der Waals surface area contributed by atoms with Crippen molar-refractivity contribution < 1.29 is 4.79 Å². The highest BCUT2D eigenvalue weighted by molar-refractivity contribution is 5.83. The molecular weight excluding hydrogens is 292 g/mol. The first-order valence-electron chi connectivity index (χ1n) is 8.13. The molecule has 2 aliphatic carbocycles. The highest BCUT2D eigenvalue weighted by Crippen LogP contribution is 2.47. The Balaban J connectivity index is 1.46. The van der Waals surface area contributed by atoms with Gasteiger partial charge in [0.2, 0.25) is 11.5 Å². The minimum absolute atomic E-state index is 0.0123. The Labute approximate surface area is 133 Å². The molecule has 1 saturated carbocycles. The maximum atomic E-state index is 12.5. The van der Waals surface area contributed by atoms with Crippen LogP contribution in [0.3, 0.4) is 0 Å². The molecule has 6 nitrogen and oxygen atoms in total. The Bertz CT molecular complexity index is 807. The number of H-pyrrole nitrogens is 1. The quantitative estimate of drug-likeness (QED) is 0.899. The van der Waals surface area contributed by atoms with Crippen LogP contribution in [-0.4, -0.2) is 20.7 Å². The van der Waals surface area contributed by atoms with Gasteiger partial charge in [0.25, 0.3) is 0 Å². The number of rotatable bonds is 3. The van der Waals surface area contributed by atoms with Gasteiger partial charge in [-0.1, -0.05) is 0 Å². The normalized spacial score (nSPS) is 25.7. The number of aromatic amines is 1. The van der Waals surface area contributed by atoms with Gasteiger partial charge in [-0.3, -0.25) is 14.3 Å². The van der Waals surface area contributed by atoms with Crippen molar-refractivity contribution in [3.63, 3.8) is 0 Å². The maximum Gasteiger partial charge on any atom is 0.248 e. The number of fused-ring (bicyclic) bond motifs is 1. The van der Waals surface area contributed by atoms with Gasteiger partial charge in [0.15, 0.2) is 0 Å². The number of carbonyl (C=O) groups excluding carboxylic acids is 1. The first-order valence-corrected chi connectivity index (χ1v) is 8.13. The summed E-state index contributed by atoms with van der Waals surface area (Å²) in [6.45, 7) is 0. The van der Waals surface area contributed by atoms with Crippen LogP contribution in [0.2, 0.25) is 0 Å². The number of hydrogen-bond acceptors (Lipinski definition) is 3. The van der Waals surface area contributed by atoms with Crippen LogP contribution in [0, 0.1) is 5.92 Å². The molecule has 0 radical (unpaired) electrons. The molecule has 120 valence electrons. The molecule has 2 aromatic heterocycles. The molecule has 3 atom stereocenters. The Hall–Kier alpha value is -2.37. The van der Waals surface area contributed by atoms with Crippen LogP contribution in [0.1, 0.15) is 48.0 Å². The van der Waals surface area contributed by atoms with E-state index < -0.39 is 0 Å². The number of aromatic nitrogens is 3. The minimum Gasteiger partial charge on any atom is -0.349 e. The lowest BCUT2D eigenvalue weighted by Crippen LogP contribution is -2.33. The second-order valence-corrected chi connectivity index (χ2v) is 6.61. The van der Waals surface area contributed by atoms with Gasteiger partial charge in [0.1, 0.15) is 0 Å². The van der Waals surface area contributed by atoms with E-state index in [2.05, 4.69) is 15.4 Å². The lowest BCUT2D eigenvalue weighted by Gasteiger charge is -2.26. The van der Waals surface area contributed by atoms with E-state index in [1.807, 2.05) is 25.5 Å². The fourth-order valence-electron chi connectivity index (χ4n) is 3.61. The predicted molar refractivity (Wildman–Crippen MR) is 84.9 cm³/mol. The molecular formula is C17H20N4O2. The predicted octanol–water partition coefficient (Wildman–Crippen LogP) is 1.41. The van der Waals surface area contributed by atoms with Gasteiger partial charge in [-0.2, -0.15) is 5.10 Å². The van der Waals surface area contributed by atoms with Crippen LogP contribution in [0.4, 0.5) is 0 Å². The lowest BCUT2D eigenvalue weighted by molar-refractivity contribution is -0.123. The van der Waals surface area contributed by atoms with E-state index in [9.17, 15) is 9.59 Å². The second kappa shape index (κ2) is 5.37. The van der Waals surface area contributed by atoms with Crippen LogP contribution >= 0.6 is 0 Å². The topological polar surface area (TPSA) is 79.8 Å². The van der Waals surface area contributed by atoms with Crippen molar-refractivity contribution in [1.29, 1.82) is 0 Å². The van der Waals surface area contributed by atoms with Crippen molar-refractivity contribution in [2.45, 2.75) is 37.6 Å². The monoisotopic (exact) mass is 312 g/mol. The summed E-state index contributed by atoms with van der Waals surface area (Å²) < 4.78 is 1.77. The van der Waals surface area contributed by atoms with Crippen LogP contribution < -0.4 is 10.9 Å². The number of hydrogen-bond donors (Lipinski definition) is 2. The molecule has 2 heterocycles. The Kier molecular flexibility index (Phi) is 3.32. The molecule has 0 bridgehead atoms. The molecule has 0 aromatic carbocycles. The summed E-state index contributed by atoms with van der Waals surface area (Å²) in [4.78, 5) is 26.9. The molecule has 4 rings (SSSR count). The summed E-state index contributed by atoms with van der Waals surface area (Å²) in [6.07, 6.45) is 7.50. The first-order chi connectivity index (χ1) is 11.1. The number of pyridine rings is 1. The minimum atomic E-state index is -0.0745. The largest absolute Gasteiger partial charge is 0.349 e. The fraction of sp³-hybridized carbons (Fsp3) is 0.471. The number of aryl methyl sites for hydroxylation is 2. The number of amides is 1. The van der Waals surface area contributed by atoms with E-state index in [0.717, 1.165) is 42.5 Å². The molecule has 2 N–H and O–H groups in total. The van der Waals surface area contributed by atoms with Gasteiger partial charge >= 0.3 is 0 Å². The van der Waals surface area contributed by atoms with Crippen LogP contribution in [0.25, 0.3) is 0 Å². The third-order valence-electron chi connectivity index (χ3n) is 4.93. The number of nitrogens with zero attached hydrogens (tertiary/aromatic N) is 2. The molecule has 1 fully saturated rings. The zero-order chi connectivity index (χ0) is 16.0. The molecule has 6 heteroatoms. The van der Waals surface area contributed by atoms with Gasteiger partial charge in [-0.25, -0.2) is 0 Å². The van der Waals surface area contributed by atoms with E-state index in [4.69, 9.17) is 0 Å². The van der Waals surface area contributed by atoms with Gasteiger partial charge in [-0.05, 0) is 48.8 Å². The van der Waals surface area contributed by atoms with Crippen molar-refractivity contribution >= 4 is 5.91 Å². The van der Waals surface area contributed by atoms with E-state index in [0.29, 0.717) is 5.92 Å². The average molecular weight is 312 g/mol. The maximum absolute atomic E-state index is 12.5. The fourth-order valence-corrected chi connectivity index (χ4v) is 3.61. The van der Waals surface area contributed by atoms with Crippen LogP contribution in [0.15, 0.2) is 29.3 Å². The molecule has 0 spiro atoms. The smallest absolute Gasteiger partial charge is 0.248 e. The summed E-state index contributed by atoms with van der Waals surface area (Å²) in [6, 6.07) is 3.40. The summed E-state index contributed by atoms with van der Waals surface area (Å²) in [5, 5.41) is 7.35.